The number of pyridine rings is 1. The van der Waals surface area contributed by atoms with Gasteiger partial charge < -0.3 is 10.2 Å². The van der Waals surface area contributed by atoms with Gasteiger partial charge in [0, 0.05) is 36.5 Å². The zero-order valence-electron chi connectivity index (χ0n) is 13.4. The van der Waals surface area contributed by atoms with Crippen molar-refractivity contribution in [1.29, 1.82) is 0 Å². The lowest BCUT2D eigenvalue weighted by atomic mass is 10.0. The van der Waals surface area contributed by atoms with Gasteiger partial charge in [-0.05, 0) is 43.2 Å². The van der Waals surface area contributed by atoms with E-state index in [1.165, 1.54) is 0 Å². The number of hydrogen-bond acceptors (Lipinski definition) is 3. The average Bonchev–Trinajstić information content (AvgIpc) is 2.62. The van der Waals surface area contributed by atoms with Crippen LogP contribution in [0, 0.1) is 0 Å². The number of hydrogen-bond donors (Lipinski definition) is 1. The highest BCUT2D eigenvalue weighted by Crippen LogP contribution is 2.21. The minimum atomic E-state index is -0.223. The largest absolute Gasteiger partial charge is 0.349 e. The Hall–Kier alpha value is -2.11. The Kier molecular flexibility index (Phi) is 5.56. The molecule has 1 aliphatic rings. The number of likely N-dealkylation sites (tertiary alicyclic amines) is 1. The van der Waals surface area contributed by atoms with Gasteiger partial charge in [0.05, 0.1) is 16.1 Å². The summed E-state index contributed by atoms with van der Waals surface area (Å²) >= 11 is 11.9. The van der Waals surface area contributed by atoms with Gasteiger partial charge >= 0.3 is 0 Å². The molecule has 0 saturated carbocycles. The fourth-order valence-corrected chi connectivity index (χ4v) is 3.33. The maximum atomic E-state index is 12.4. The predicted octanol–water partition coefficient (Wildman–Crippen LogP) is 3.42. The van der Waals surface area contributed by atoms with E-state index in [4.69, 9.17) is 23.2 Å². The topological polar surface area (TPSA) is 62.3 Å². The summed E-state index contributed by atoms with van der Waals surface area (Å²) in [7, 11) is 0. The molecule has 0 atom stereocenters. The Morgan fingerprint density at radius 2 is 1.92 bits per heavy atom. The number of rotatable bonds is 3. The van der Waals surface area contributed by atoms with Gasteiger partial charge in [-0.25, -0.2) is 0 Å². The highest BCUT2D eigenvalue weighted by molar-refractivity contribution is 6.36. The molecule has 2 heterocycles. The van der Waals surface area contributed by atoms with Crippen LogP contribution in [0.15, 0.2) is 42.7 Å². The molecule has 1 aromatic carbocycles. The van der Waals surface area contributed by atoms with Crippen molar-refractivity contribution in [2.24, 2.45) is 0 Å². The molecule has 2 aromatic rings. The molecule has 1 aromatic heterocycles. The van der Waals surface area contributed by atoms with Crippen LogP contribution in [-0.4, -0.2) is 40.8 Å². The second-order valence-electron chi connectivity index (χ2n) is 5.91. The Morgan fingerprint density at radius 1 is 1.16 bits per heavy atom. The first-order chi connectivity index (χ1) is 12.0. The Bertz CT molecular complexity index is 775. The maximum Gasteiger partial charge on any atom is 0.255 e. The highest BCUT2D eigenvalue weighted by atomic mass is 35.5. The van der Waals surface area contributed by atoms with Gasteiger partial charge in [-0.1, -0.05) is 23.2 Å². The van der Waals surface area contributed by atoms with Crippen LogP contribution in [0.3, 0.4) is 0 Å². The summed E-state index contributed by atoms with van der Waals surface area (Å²) in [6, 6.07) is 8.31. The molecule has 2 amide bonds. The summed E-state index contributed by atoms with van der Waals surface area (Å²) in [5.41, 5.74) is 0.984. The number of amides is 2. The van der Waals surface area contributed by atoms with Crippen molar-refractivity contribution < 1.29 is 9.59 Å². The first-order valence-corrected chi connectivity index (χ1v) is 8.75. The van der Waals surface area contributed by atoms with Crippen molar-refractivity contribution in [3.63, 3.8) is 0 Å². The Labute approximate surface area is 155 Å². The van der Waals surface area contributed by atoms with Gasteiger partial charge in [-0.2, -0.15) is 0 Å². The van der Waals surface area contributed by atoms with Crippen LogP contribution in [-0.2, 0) is 0 Å². The molecule has 1 aliphatic heterocycles. The molecule has 7 heteroatoms. The number of carbonyl (C=O) groups is 2. The zero-order chi connectivity index (χ0) is 17.8. The molecular weight excluding hydrogens is 361 g/mol. The maximum absolute atomic E-state index is 12.4. The molecule has 1 N–H and O–H groups in total. The van der Waals surface area contributed by atoms with E-state index < -0.39 is 0 Å². The van der Waals surface area contributed by atoms with Crippen molar-refractivity contribution >= 4 is 35.0 Å². The number of piperidine rings is 1. The number of halogens is 2. The van der Waals surface area contributed by atoms with Gasteiger partial charge in [0.2, 0.25) is 0 Å². The van der Waals surface area contributed by atoms with E-state index in [1.54, 1.807) is 47.6 Å². The fourth-order valence-electron chi connectivity index (χ4n) is 2.84. The Morgan fingerprint density at radius 3 is 2.56 bits per heavy atom. The first-order valence-electron chi connectivity index (χ1n) is 8.00. The molecule has 0 aliphatic carbocycles. The van der Waals surface area contributed by atoms with Crippen LogP contribution in [0.1, 0.15) is 33.6 Å². The predicted molar refractivity (Wildman–Crippen MR) is 97.1 cm³/mol. The van der Waals surface area contributed by atoms with Crippen molar-refractivity contribution in [3.8, 4) is 0 Å². The van der Waals surface area contributed by atoms with Gasteiger partial charge in [0.1, 0.15) is 0 Å². The minimum absolute atomic E-state index is 0.0113. The molecule has 0 unspecified atom stereocenters. The lowest BCUT2D eigenvalue weighted by molar-refractivity contribution is 0.0697. The molecule has 1 fully saturated rings. The molecule has 0 radical (unpaired) electrons. The molecule has 5 nitrogen and oxygen atoms in total. The molecular formula is C18H17Cl2N3O2. The summed E-state index contributed by atoms with van der Waals surface area (Å²) in [5, 5.41) is 3.80. The molecule has 0 spiro atoms. The number of benzene rings is 1. The van der Waals surface area contributed by atoms with Gasteiger partial charge in [0.25, 0.3) is 11.8 Å². The number of aromatic nitrogens is 1. The summed E-state index contributed by atoms with van der Waals surface area (Å²) in [4.78, 5) is 30.5. The van der Waals surface area contributed by atoms with Crippen LogP contribution >= 0.6 is 23.2 Å². The van der Waals surface area contributed by atoms with E-state index in [0.29, 0.717) is 47.1 Å². The van der Waals surface area contributed by atoms with Crippen molar-refractivity contribution in [3.05, 3.63) is 63.9 Å². The highest BCUT2D eigenvalue weighted by Gasteiger charge is 2.25. The lowest BCUT2D eigenvalue weighted by Gasteiger charge is -2.32. The van der Waals surface area contributed by atoms with Crippen molar-refractivity contribution in [2.75, 3.05) is 13.1 Å². The summed E-state index contributed by atoms with van der Waals surface area (Å²) in [6.07, 6.45) is 4.60. The number of nitrogens with one attached hydrogen (secondary N) is 1. The fraction of sp³-hybridized carbons (Fsp3) is 0.278. The van der Waals surface area contributed by atoms with Crippen LogP contribution in [0.4, 0.5) is 0 Å². The molecule has 0 bridgehead atoms. The second-order valence-corrected chi connectivity index (χ2v) is 6.75. The van der Waals surface area contributed by atoms with Crippen LogP contribution in [0.5, 0.6) is 0 Å². The molecule has 25 heavy (non-hydrogen) atoms. The van der Waals surface area contributed by atoms with Crippen LogP contribution in [0.25, 0.3) is 0 Å². The van der Waals surface area contributed by atoms with E-state index in [1.807, 2.05) is 0 Å². The number of carbonyl (C=O) groups excluding carboxylic acids is 2. The molecule has 130 valence electrons. The average molecular weight is 378 g/mol. The number of nitrogens with zero attached hydrogens (tertiary/aromatic N) is 2. The van der Waals surface area contributed by atoms with E-state index in [0.717, 1.165) is 0 Å². The van der Waals surface area contributed by atoms with Gasteiger partial charge in [0.15, 0.2) is 0 Å². The Balaban J connectivity index is 1.56. The smallest absolute Gasteiger partial charge is 0.255 e. The van der Waals surface area contributed by atoms with Gasteiger partial charge in [-0.15, -0.1) is 0 Å². The third-order valence-corrected chi connectivity index (χ3v) is 4.75. The minimum Gasteiger partial charge on any atom is -0.349 e. The van der Waals surface area contributed by atoms with E-state index in [-0.39, 0.29) is 17.9 Å². The summed E-state index contributed by atoms with van der Waals surface area (Å²) in [5.74, 6) is -0.252. The van der Waals surface area contributed by atoms with Crippen molar-refractivity contribution in [1.82, 2.24) is 15.2 Å². The van der Waals surface area contributed by atoms with Crippen molar-refractivity contribution in [2.45, 2.75) is 18.9 Å². The summed E-state index contributed by atoms with van der Waals surface area (Å²) < 4.78 is 0. The zero-order valence-corrected chi connectivity index (χ0v) is 14.9. The van der Waals surface area contributed by atoms with Crippen LogP contribution < -0.4 is 5.32 Å². The standard InChI is InChI=1S/C18H17Cl2N3O2/c19-13-3-4-15(16(20)10-13)17(24)22-14-5-8-23(9-6-14)18(25)12-2-1-7-21-11-12/h1-4,7,10-11,14H,5-6,8-9H2,(H,22,24). The quantitative estimate of drug-likeness (QED) is 0.890. The molecule has 1 saturated heterocycles. The van der Waals surface area contributed by atoms with Gasteiger partial charge in [-0.3, -0.25) is 14.6 Å². The third kappa shape index (κ3) is 4.30. The second kappa shape index (κ2) is 7.85. The lowest BCUT2D eigenvalue weighted by Crippen LogP contribution is -2.46. The summed E-state index contributed by atoms with van der Waals surface area (Å²) in [6.45, 7) is 1.18. The van der Waals surface area contributed by atoms with Crippen LogP contribution in [0.2, 0.25) is 10.0 Å². The normalized spacial score (nSPS) is 15.0. The monoisotopic (exact) mass is 377 g/mol. The van der Waals surface area contributed by atoms with E-state index in [2.05, 4.69) is 10.3 Å². The first kappa shape index (κ1) is 17.7. The SMILES string of the molecule is O=C(NC1CCN(C(=O)c2cccnc2)CC1)c1ccc(Cl)cc1Cl. The van der Waals surface area contributed by atoms with E-state index in [9.17, 15) is 9.59 Å². The third-order valence-electron chi connectivity index (χ3n) is 4.20. The molecule has 3 rings (SSSR count). The van der Waals surface area contributed by atoms with E-state index >= 15 is 0 Å².